The molecule has 1 aromatic carbocycles. The van der Waals surface area contributed by atoms with Crippen molar-refractivity contribution in [3.63, 3.8) is 0 Å². The molecule has 0 saturated carbocycles. The van der Waals surface area contributed by atoms with Crippen LogP contribution in [0.15, 0.2) is 72.9 Å². The average molecular weight is 372 g/mol. The third kappa shape index (κ3) is 10.8. The minimum atomic E-state index is -0.979. The number of allylic oxidation sites excluding steroid dienone is 5. The molecule has 146 valence electrons. The van der Waals surface area contributed by atoms with Crippen LogP contribution in [-0.2, 0) is 0 Å². The molecule has 1 aromatic rings. The third-order valence-electron chi connectivity index (χ3n) is 3.56. The number of rotatable bonds is 12. The lowest BCUT2D eigenvalue weighted by atomic mass is 10.2. The zero-order valence-corrected chi connectivity index (χ0v) is 15.6. The molecular formula is C22H28O5. The van der Waals surface area contributed by atoms with E-state index in [2.05, 4.69) is 0 Å². The molecule has 0 radical (unpaired) electrons. The summed E-state index contributed by atoms with van der Waals surface area (Å²) in [7, 11) is 0. The van der Waals surface area contributed by atoms with Gasteiger partial charge >= 0.3 is 5.97 Å². The number of hydrogen-bond donors (Lipinski definition) is 3. The van der Waals surface area contributed by atoms with Gasteiger partial charge in [-0.1, -0.05) is 55.5 Å². The molecule has 0 bridgehead atoms. The molecule has 0 saturated heterocycles. The highest BCUT2D eigenvalue weighted by Gasteiger charge is 2.03. The maximum Gasteiger partial charge on any atom is 0.335 e. The van der Waals surface area contributed by atoms with Crippen LogP contribution < -0.4 is 4.74 Å². The van der Waals surface area contributed by atoms with E-state index >= 15 is 0 Å². The minimum Gasteiger partial charge on any atom is -0.493 e. The highest BCUT2D eigenvalue weighted by molar-refractivity contribution is 5.87. The maximum absolute atomic E-state index is 10.8. The van der Waals surface area contributed by atoms with Crippen LogP contribution in [0.1, 0.15) is 36.5 Å². The summed E-state index contributed by atoms with van der Waals surface area (Å²) in [4.78, 5) is 10.8. The number of aliphatic hydroxyl groups excluding tert-OH is 2. The van der Waals surface area contributed by atoms with Gasteiger partial charge in [0.15, 0.2) is 0 Å². The summed E-state index contributed by atoms with van der Waals surface area (Å²) in [5.41, 5.74) is 0.205. The van der Waals surface area contributed by atoms with Gasteiger partial charge in [-0.25, -0.2) is 4.79 Å². The molecule has 0 aromatic heterocycles. The normalized spacial score (nSPS) is 14.5. The van der Waals surface area contributed by atoms with Crippen LogP contribution in [0.4, 0.5) is 0 Å². The van der Waals surface area contributed by atoms with Crippen LogP contribution in [0.5, 0.6) is 5.75 Å². The standard InChI is InChI=1S/C22H28O5/c1-2-3-6-9-19(23)10-7-4-5-8-11-20(24)16-17-27-21-14-12-18(13-15-21)22(25)26/h3-8,10-15,19-20,23-24H,2,9,16-17H2,1H3,(H,25,26)/b5-4-,6-3-,10-7+,11-8+/t19-,20+/m0/s1. The number of ether oxygens (including phenoxy) is 1. The van der Waals surface area contributed by atoms with Gasteiger partial charge in [-0.3, -0.25) is 0 Å². The largest absolute Gasteiger partial charge is 0.493 e. The van der Waals surface area contributed by atoms with E-state index in [4.69, 9.17) is 9.84 Å². The number of hydrogen-bond acceptors (Lipinski definition) is 4. The minimum absolute atomic E-state index is 0.205. The molecule has 0 unspecified atom stereocenters. The van der Waals surface area contributed by atoms with E-state index < -0.39 is 18.2 Å². The monoisotopic (exact) mass is 372 g/mol. The molecular weight excluding hydrogens is 344 g/mol. The number of benzene rings is 1. The zero-order chi connectivity index (χ0) is 19.9. The number of aliphatic hydroxyl groups is 2. The van der Waals surface area contributed by atoms with Crippen molar-refractivity contribution in [1.29, 1.82) is 0 Å². The summed E-state index contributed by atoms with van der Waals surface area (Å²) in [5, 5.41) is 28.4. The molecule has 0 aliphatic rings. The van der Waals surface area contributed by atoms with Gasteiger partial charge in [-0.05, 0) is 37.1 Å². The molecule has 0 fully saturated rings. The summed E-state index contributed by atoms with van der Waals surface area (Å²) in [6.07, 6.45) is 15.3. The fourth-order valence-electron chi connectivity index (χ4n) is 2.08. The van der Waals surface area contributed by atoms with E-state index in [1.54, 1.807) is 48.6 Å². The summed E-state index contributed by atoms with van der Waals surface area (Å²) in [6.45, 7) is 2.37. The Morgan fingerprint density at radius 3 is 2.22 bits per heavy atom. The average Bonchev–Trinajstić information content (AvgIpc) is 2.65. The first-order valence-corrected chi connectivity index (χ1v) is 9.02. The number of carbonyl (C=O) groups is 1. The van der Waals surface area contributed by atoms with Crippen molar-refractivity contribution in [3.05, 3.63) is 78.4 Å². The Hall–Kier alpha value is -2.63. The molecule has 2 atom stereocenters. The fraction of sp³-hybridized carbons (Fsp3) is 0.318. The van der Waals surface area contributed by atoms with Crippen LogP contribution in [-0.4, -0.2) is 40.1 Å². The molecule has 27 heavy (non-hydrogen) atoms. The lowest BCUT2D eigenvalue weighted by molar-refractivity contribution is 0.0697. The molecule has 0 amide bonds. The Morgan fingerprint density at radius 2 is 1.63 bits per heavy atom. The topological polar surface area (TPSA) is 87.0 Å². The summed E-state index contributed by atoms with van der Waals surface area (Å²) < 4.78 is 5.47. The van der Waals surface area contributed by atoms with Gasteiger partial charge in [0.1, 0.15) is 5.75 Å². The Labute approximate surface area is 160 Å². The fourth-order valence-corrected chi connectivity index (χ4v) is 2.08. The second-order valence-electron chi connectivity index (χ2n) is 5.87. The predicted octanol–water partition coefficient (Wildman–Crippen LogP) is 3.90. The van der Waals surface area contributed by atoms with Gasteiger partial charge in [0.05, 0.1) is 24.4 Å². The number of carboxylic acid groups (broad SMARTS) is 1. The van der Waals surface area contributed by atoms with Gasteiger partial charge in [0, 0.05) is 6.42 Å². The maximum atomic E-state index is 10.8. The van der Waals surface area contributed by atoms with Crippen molar-refractivity contribution in [2.45, 2.75) is 38.4 Å². The second kappa shape index (κ2) is 13.6. The highest BCUT2D eigenvalue weighted by Crippen LogP contribution is 2.12. The SMILES string of the molecule is CC/C=C\C[C@H](O)/C=C/C=C\C=C\[C@@H](O)CCOc1ccc(C(=O)O)cc1. The summed E-state index contributed by atoms with van der Waals surface area (Å²) in [5.74, 6) is -0.415. The van der Waals surface area contributed by atoms with Crippen LogP contribution >= 0.6 is 0 Å². The Kier molecular flexibility index (Phi) is 11.3. The molecule has 0 spiro atoms. The van der Waals surface area contributed by atoms with Crippen molar-refractivity contribution >= 4 is 5.97 Å². The van der Waals surface area contributed by atoms with E-state index in [9.17, 15) is 15.0 Å². The molecule has 5 heteroatoms. The van der Waals surface area contributed by atoms with Gasteiger partial charge in [0.2, 0.25) is 0 Å². The first-order valence-electron chi connectivity index (χ1n) is 9.02. The molecule has 3 N–H and O–H groups in total. The number of carboxylic acids is 1. The first kappa shape index (κ1) is 22.4. The van der Waals surface area contributed by atoms with Gasteiger partial charge < -0.3 is 20.1 Å². The molecule has 0 aliphatic carbocycles. The quantitative estimate of drug-likeness (QED) is 0.383. The molecule has 1 rings (SSSR count). The van der Waals surface area contributed by atoms with Crippen LogP contribution in [0, 0.1) is 0 Å². The third-order valence-corrected chi connectivity index (χ3v) is 3.56. The Bertz CT molecular complexity index is 656. The van der Waals surface area contributed by atoms with E-state index in [-0.39, 0.29) is 5.56 Å². The van der Waals surface area contributed by atoms with Crippen molar-refractivity contribution < 1.29 is 24.9 Å². The summed E-state index contributed by atoms with van der Waals surface area (Å²) >= 11 is 0. The van der Waals surface area contributed by atoms with E-state index in [1.807, 2.05) is 19.1 Å². The van der Waals surface area contributed by atoms with Crippen molar-refractivity contribution in [2.75, 3.05) is 6.61 Å². The van der Waals surface area contributed by atoms with Crippen molar-refractivity contribution in [2.24, 2.45) is 0 Å². The first-order chi connectivity index (χ1) is 13.0. The smallest absolute Gasteiger partial charge is 0.335 e. The van der Waals surface area contributed by atoms with E-state index in [0.29, 0.717) is 25.2 Å². The molecule has 5 nitrogen and oxygen atoms in total. The second-order valence-corrected chi connectivity index (χ2v) is 5.87. The van der Waals surface area contributed by atoms with Gasteiger partial charge in [0.25, 0.3) is 0 Å². The van der Waals surface area contributed by atoms with E-state index in [1.165, 1.54) is 12.1 Å². The Balaban J connectivity index is 2.24. The van der Waals surface area contributed by atoms with Gasteiger partial charge in [-0.2, -0.15) is 0 Å². The molecule has 0 aliphatic heterocycles. The highest BCUT2D eigenvalue weighted by atomic mass is 16.5. The van der Waals surface area contributed by atoms with Crippen LogP contribution in [0.3, 0.4) is 0 Å². The van der Waals surface area contributed by atoms with Crippen molar-refractivity contribution in [1.82, 2.24) is 0 Å². The molecule has 0 heterocycles. The van der Waals surface area contributed by atoms with Gasteiger partial charge in [-0.15, -0.1) is 0 Å². The lowest BCUT2D eigenvalue weighted by Crippen LogP contribution is -2.09. The van der Waals surface area contributed by atoms with Crippen molar-refractivity contribution in [3.8, 4) is 5.75 Å². The zero-order valence-electron chi connectivity index (χ0n) is 15.6. The lowest BCUT2D eigenvalue weighted by Gasteiger charge is -2.08. The van der Waals surface area contributed by atoms with Crippen LogP contribution in [0.2, 0.25) is 0 Å². The number of aromatic carboxylic acids is 1. The van der Waals surface area contributed by atoms with E-state index in [0.717, 1.165) is 6.42 Å². The summed E-state index contributed by atoms with van der Waals surface area (Å²) in [6, 6.07) is 6.13. The Morgan fingerprint density at radius 1 is 1.00 bits per heavy atom. The predicted molar refractivity (Wildman–Crippen MR) is 107 cm³/mol. The van der Waals surface area contributed by atoms with Crippen LogP contribution in [0.25, 0.3) is 0 Å².